The predicted molar refractivity (Wildman–Crippen MR) is 72.8 cm³/mol. The van der Waals surface area contributed by atoms with E-state index in [1.54, 1.807) is 19.9 Å². The van der Waals surface area contributed by atoms with Crippen LogP contribution in [0.15, 0.2) is 23.5 Å². The van der Waals surface area contributed by atoms with E-state index in [1.165, 1.54) is 10.6 Å². The van der Waals surface area contributed by atoms with Gasteiger partial charge in [-0.2, -0.15) is 0 Å². The number of aryl methyl sites for hydroxylation is 1. The summed E-state index contributed by atoms with van der Waals surface area (Å²) in [4.78, 5) is 23.0. The Morgan fingerprint density at radius 2 is 2.16 bits per heavy atom. The molecular weight excluding hydrogens is 246 g/mol. The van der Waals surface area contributed by atoms with E-state index in [2.05, 4.69) is 6.58 Å². The van der Waals surface area contributed by atoms with Crippen LogP contribution in [0, 0.1) is 13.8 Å². The molecule has 0 saturated carbocycles. The van der Waals surface area contributed by atoms with Crippen LogP contribution in [0.25, 0.3) is 0 Å². The van der Waals surface area contributed by atoms with Crippen molar-refractivity contribution in [1.82, 2.24) is 4.57 Å². The quantitative estimate of drug-likeness (QED) is 0.602. The highest BCUT2D eigenvalue weighted by molar-refractivity contribution is 5.90. The summed E-state index contributed by atoms with van der Waals surface area (Å²) in [6.07, 6.45) is 2.51. The lowest BCUT2D eigenvalue weighted by Gasteiger charge is -2.14. The van der Waals surface area contributed by atoms with Crippen molar-refractivity contribution < 1.29 is 14.6 Å². The summed E-state index contributed by atoms with van der Waals surface area (Å²) in [5.74, 6) is -1.02. The molecule has 1 heterocycles. The maximum Gasteiger partial charge on any atom is 0.337 e. The highest BCUT2D eigenvalue weighted by atomic mass is 16.5. The van der Waals surface area contributed by atoms with E-state index in [1.807, 2.05) is 0 Å². The zero-order chi connectivity index (χ0) is 14.4. The molecule has 0 radical (unpaired) electrons. The van der Waals surface area contributed by atoms with Gasteiger partial charge in [0.2, 0.25) is 0 Å². The summed E-state index contributed by atoms with van der Waals surface area (Å²) < 4.78 is 6.78. The Balaban J connectivity index is 2.89. The Labute approximate surface area is 112 Å². The number of carboxylic acid groups (broad SMARTS) is 1. The van der Waals surface area contributed by atoms with E-state index < -0.39 is 5.97 Å². The van der Waals surface area contributed by atoms with Crippen LogP contribution in [-0.2, 0) is 11.3 Å². The lowest BCUT2D eigenvalue weighted by atomic mass is 10.1. The molecule has 19 heavy (non-hydrogen) atoms. The van der Waals surface area contributed by atoms with E-state index in [9.17, 15) is 9.59 Å². The number of carbonyl (C=O) groups is 1. The van der Waals surface area contributed by atoms with Gasteiger partial charge in [-0.3, -0.25) is 4.79 Å². The Kier molecular flexibility index (Phi) is 5.51. The van der Waals surface area contributed by atoms with Crippen LogP contribution in [0.5, 0.6) is 0 Å². The standard InChI is InChI=1S/C14H19NO4/c1-4-5-7-19-8-6-15-11(3)13(14(17)18)10(2)9-12(15)16/h4,9H,1,5-8H2,2-3H3,(H,17,18). The zero-order valence-corrected chi connectivity index (χ0v) is 11.3. The van der Waals surface area contributed by atoms with E-state index in [4.69, 9.17) is 9.84 Å². The number of aromatic carboxylic acids is 1. The molecule has 0 aliphatic carbocycles. The first-order valence-corrected chi connectivity index (χ1v) is 6.12. The predicted octanol–water partition coefficient (Wildman–Crippen LogP) is 1.76. The van der Waals surface area contributed by atoms with Gasteiger partial charge < -0.3 is 14.4 Å². The third-order valence-corrected chi connectivity index (χ3v) is 2.91. The van der Waals surface area contributed by atoms with Gasteiger partial charge >= 0.3 is 5.97 Å². The summed E-state index contributed by atoms with van der Waals surface area (Å²) in [5, 5.41) is 9.15. The van der Waals surface area contributed by atoms with Gasteiger partial charge in [0.25, 0.3) is 5.56 Å². The number of pyridine rings is 1. The van der Waals surface area contributed by atoms with Crippen molar-refractivity contribution in [3.63, 3.8) is 0 Å². The zero-order valence-electron chi connectivity index (χ0n) is 11.3. The molecule has 5 nitrogen and oxygen atoms in total. The fourth-order valence-electron chi connectivity index (χ4n) is 1.95. The Bertz CT molecular complexity index is 531. The van der Waals surface area contributed by atoms with Crippen LogP contribution in [-0.4, -0.2) is 28.9 Å². The number of hydrogen-bond donors (Lipinski definition) is 1. The highest BCUT2D eigenvalue weighted by Gasteiger charge is 2.15. The van der Waals surface area contributed by atoms with Crippen LogP contribution in [0.2, 0.25) is 0 Å². The average Bonchev–Trinajstić information content (AvgIpc) is 2.31. The van der Waals surface area contributed by atoms with Crippen molar-refractivity contribution in [2.45, 2.75) is 26.8 Å². The van der Waals surface area contributed by atoms with Gasteiger partial charge in [-0.05, 0) is 25.8 Å². The molecule has 104 valence electrons. The van der Waals surface area contributed by atoms with E-state index in [-0.39, 0.29) is 11.1 Å². The Morgan fingerprint density at radius 3 is 2.74 bits per heavy atom. The van der Waals surface area contributed by atoms with Gasteiger partial charge in [0.15, 0.2) is 0 Å². The second-order valence-corrected chi connectivity index (χ2v) is 4.27. The molecule has 0 aliphatic rings. The smallest absolute Gasteiger partial charge is 0.337 e. The molecule has 0 fully saturated rings. The van der Waals surface area contributed by atoms with Gasteiger partial charge in [0.1, 0.15) is 0 Å². The molecule has 1 N–H and O–H groups in total. The average molecular weight is 265 g/mol. The second kappa shape index (κ2) is 6.89. The molecular formula is C14H19NO4. The highest BCUT2D eigenvalue weighted by Crippen LogP contribution is 2.11. The van der Waals surface area contributed by atoms with Gasteiger partial charge in [0, 0.05) is 18.3 Å². The van der Waals surface area contributed by atoms with Crippen LogP contribution in [0.4, 0.5) is 0 Å². The molecule has 1 aromatic rings. The van der Waals surface area contributed by atoms with Gasteiger partial charge in [-0.15, -0.1) is 6.58 Å². The van der Waals surface area contributed by atoms with Crippen molar-refractivity contribution >= 4 is 5.97 Å². The SMILES string of the molecule is C=CCCOCCn1c(C)c(C(=O)O)c(C)cc1=O. The first kappa shape index (κ1) is 15.2. The molecule has 1 rings (SSSR count). The van der Waals surface area contributed by atoms with Crippen molar-refractivity contribution in [3.8, 4) is 0 Å². The van der Waals surface area contributed by atoms with Crippen LogP contribution in [0.3, 0.4) is 0 Å². The molecule has 0 amide bonds. The molecule has 0 spiro atoms. The Morgan fingerprint density at radius 1 is 1.47 bits per heavy atom. The molecule has 5 heteroatoms. The first-order chi connectivity index (χ1) is 8.99. The summed E-state index contributed by atoms with van der Waals surface area (Å²) in [6, 6.07) is 1.35. The number of rotatable bonds is 7. The van der Waals surface area contributed by atoms with Gasteiger partial charge in [-0.25, -0.2) is 4.79 Å². The fraction of sp³-hybridized carbons (Fsp3) is 0.429. The lowest BCUT2D eigenvalue weighted by Crippen LogP contribution is -2.27. The van der Waals surface area contributed by atoms with Crippen LogP contribution >= 0.6 is 0 Å². The molecule has 0 bridgehead atoms. The van der Waals surface area contributed by atoms with Crippen molar-refractivity contribution in [1.29, 1.82) is 0 Å². The number of ether oxygens (including phenoxy) is 1. The number of aromatic nitrogens is 1. The first-order valence-electron chi connectivity index (χ1n) is 6.12. The number of hydrogen-bond acceptors (Lipinski definition) is 3. The monoisotopic (exact) mass is 265 g/mol. The third-order valence-electron chi connectivity index (χ3n) is 2.91. The van der Waals surface area contributed by atoms with Crippen LogP contribution in [0.1, 0.15) is 28.0 Å². The van der Waals surface area contributed by atoms with Crippen molar-refractivity contribution in [2.75, 3.05) is 13.2 Å². The molecule has 0 unspecified atom stereocenters. The molecule has 0 atom stereocenters. The summed E-state index contributed by atoms with van der Waals surface area (Å²) in [5.41, 5.74) is 0.932. The van der Waals surface area contributed by atoms with E-state index in [0.29, 0.717) is 31.0 Å². The normalized spacial score (nSPS) is 10.4. The molecule has 0 aromatic carbocycles. The van der Waals surface area contributed by atoms with E-state index in [0.717, 1.165) is 6.42 Å². The maximum atomic E-state index is 11.9. The maximum absolute atomic E-state index is 11.9. The van der Waals surface area contributed by atoms with Gasteiger partial charge in [-0.1, -0.05) is 6.08 Å². The molecule has 1 aromatic heterocycles. The third kappa shape index (κ3) is 3.79. The fourth-order valence-corrected chi connectivity index (χ4v) is 1.95. The summed E-state index contributed by atoms with van der Waals surface area (Å²) in [6.45, 7) is 8.13. The minimum absolute atomic E-state index is 0.186. The minimum Gasteiger partial charge on any atom is -0.478 e. The largest absolute Gasteiger partial charge is 0.478 e. The second-order valence-electron chi connectivity index (χ2n) is 4.27. The number of carboxylic acids is 1. The molecule has 0 saturated heterocycles. The lowest BCUT2D eigenvalue weighted by molar-refractivity contribution is 0.0693. The van der Waals surface area contributed by atoms with Crippen LogP contribution < -0.4 is 5.56 Å². The van der Waals surface area contributed by atoms with Crippen molar-refractivity contribution in [3.05, 3.63) is 45.9 Å². The van der Waals surface area contributed by atoms with E-state index >= 15 is 0 Å². The summed E-state index contributed by atoms with van der Waals surface area (Å²) >= 11 is 0. The van der Waals surface area contributed by atoms with Gasteiger partial charge in [0.05, 0.1) is 18.8 Å². The Hall–Kier alpha value is -1.88. The molecule has 0 aliphatic heterocycles. The summed E-state index contributed by atoms with van der Waals surface area (Å²) in [7, 11) is 0. The topological polar surface area (TPSA) is 68.5 Å². The minimum atomic E-state index is -1.02. The number of nitrogens with zero attached hydrogens (tertiary/aromatic N) is 1. The van der Waals surface area contributed by atoms with Crippen molar-refractivity contribution in [2.24, 2.45) is 0 Å².